The van der Waals surface area contributed by atoms with Gasteiger partial charge in [0.15, 0.2) is 0 Å². The monoisotopic (exact) mass is 397 g/mol. The summed E-state index contributed by atoms with van der Waals surface area (Å²) in [7, 11) is 1.37. The van der Waals surface area contributed by atoms with Crippen LogP contribution in [0.25, 0.3) is 0 Å². The van der Waals surface area contributed by atoms with Crippen molar-refractivity contribution in [2.75, 3.05) is 13.7 Å². The maximum atomic E-state index is 13.3. The van der Waals surface area contributed by atoms with Gasteiger partial charge in [-0.1, -0.05) is 12.1 Å². The Morgan fingerprint density at radius 1 is 0.923 bits per heavy atom. The van der Waals surface area contributed by atoms with Gasteiger partial charge in [0.2, 0.25) is 0 Å². The van der Waals surface area contributed by atoms with Gasteiger partial charge < -0.3 is 10.1 Å². The lowest BCUT2D eigenvalue weighted by Crippen LogP contribution is -2.65. The van der Waals surface area contributed by atoms with Gasteiger partial charge in [0.25, 0.3) is 5.91 Å². The minimum absolute atomic E-state index is 0.174. The first-order valence-corrected chi connectivity index (χ1v) is 6.80. The maximum absolute atomic E-state index is 13.3. The Kier molecular flexibility index (Phi) is 6.09. The summed E-state index contributed by atoms with van der Waals surface area (Å²) >= 11 is 0. The summed E-state index contributed by atoms with van der Waals surface area (Å²) in [5, 5.41) is 1.23. The van der Waals surface area contributed by atoms with Crippen molar-refractivity contribution in [2.24, 2.45) is 0 Å². The second-order valence-electron chi connectivity index (χ2n) is 5.07. The van der Waals surface area contributed by atoms with Crippen molar-refractivity contribution < 1.29 is 49.0 Å². The molecule has 0 unspecified atom stereocenters. The van der Waals surface area contributed by atoms with E-state index in [4.69, 9.17) is 4.74 Å². The van der Waals surface area contributed by atoms with Crippen molar-refractivity contribution in [3.05, 3.63) is 29.8 Å². The number of rotatable bonds is 7. The Hall–Kier alpha value is -2.14. The first kappa shape index (κ1) is 21.9. The third-order valence-electron chi connectivity index (χ3n) is 3.29. The van der Waals surface area contributed by atoms with Crippen LogP contribution in [0.5, 0.6) is 5.75 Å². The zero-order chi connectivity index (χ0) is 20.4. The molecule has 26 heavy (non-hydrogen) atoms. The summed E-state index contributed by atoms with van der Waals surface area (Å²) in [4.78, 5) is 11.1. The average molecular weight is 397 g/mol. The second kappa shape index (κ2) is 7.23. The van der Waals surface area contributed by atoms with Crippen LogP contribution in [0.3, 0.4) is 0 Å². The Morgan fingerprint density at radius 2 is 1.42 bits per heavy atom. The summed E-state index contributed by atoms with van der Waals surface area (Å²) in [5.41, 5.74) is 0.432. The second-order valence-corrected chi connectivity index (χ2v) is 5.07. The normalized spacial score (nSPS) is 13.5. The summed E-state index contributed by atoms with van der Waals surface area (Å²) in [5.74, 6) is -22.9. The van der Waals surface area contributed by atoms with Crippen LogP contribution in [0.1, 0.15) is 5.56 Å². The molecule has 3 nitrogen and oxygen atoms in total. The highest BCUT2D eigenvalue weighted by Gasteiger charge is 2.83. The predicted molar refractivity (Wildman–Crippen MR) is 70.6 cm³/mol. The lowest BCUT2D eigenvalue weighted by Gasteiger charge is -2.32. The van der Waals surface area contributed by atoms with Crippen LogP contribution in [0, 0.1) is 0 Å². The van der Waals surface area contributed by atoms with E-state index in [-0.39, 0.29) is 6.42 Å². The van der Waals surface area contributed by atoms with Crippen molar-refractivity contribution in [2.45, 2.75) is 30.4 Å². The molecular formula is C14H12F9NO2. The highest BCUT2D eigenvalue weighted by atomic mass is 19.4. The molecule has 0 spiro atoms. The van der Waals surface area contributed by atoms with Gasteiger partial charge in [-0.05, 0) is 24.1 Å². The van der Waals surface area contributed by atoms with E-state index in [2.05, 4.69) is 0 Å². The molecule has 0 aliphatic rings. The van der Waals surface area contributed by atoms with Crippen molar-refractivity contribution in [3.63, 3.8) is 0 Å². The lowest BCUT2D eigenvalue weighted by atomic mass is 10.0. The molecule has 1 amide bonds. The van der Waals surface area contributed by atoms with Gasteiger partial charge in [-0.2, -0.15) is 39.5 Å². The van der Waals surface area contributed by atoms with E-state index in [1.807, 2.05) is 0 Å². The van der Waals surface area contributed by atoms with E-state index in [1.165, 1.54) is 36.7 Å². The molecule has 0 saturated carbocycles. The molecule has 0 heterocycles. The fraction of sp³-hybridized carbons (Fsp3) is 0.500. The molecular weight excluding hydrogens is 385 g/mol. The standard InChI is InChI=1S/C14H12F9NO2/c1-26-9-4-2-8(3-5-9)6-7-24-10(25)11(15,16)12(17,18)13(19,20)14(21,22)23/h2-5H,6-7H2,1H3,(H,24,25). The highest BCUT2D eigenvalue weighted by Crippen LogP contribution is 2.53. The number of alkyl halides is 9. The minimum Gasteiger partial charge on any atom is -0.497 e. The molecule has 12 heteroatoms. The zero-order valence-corrected chi connectivity index (χ0v) is 12.9. The molecule has 0 aromatic heterocycles. The smallest absolute Gasteiger partial charge is 0.460 e. The van der Waals surface area contributed by atoms with Crippen LogP contribution in [0.15, 0.2) is 24.3 Å². The SMILES string of the molecule is COc1ccc(CCNC(=O)C(F)(F)C(F)(F)C(F)(F)C(F)(F)F)cc1. The maximum Gasteiger partial charge on any atom is 0.460 e. The molecule has 0 aliphatic carbocycles. The third kappa shape index (κ3) is 3.98. The number of hydrogen-bond acceptors (Lipinski definition) is 2. The van der Waals surface area contributed by atoms with Crippen LogP contribution in [-0.4, -0.2) is 43.5 Å². The molecule has 1 aromatic carbocycles. The summed E-state index contributed by atoms with van der Waals surface area (Å²) in [6.45, 7) is -0.700. The van der Waals surface area contributed by atoms with Crippen LogP contribution in [0.4, 0.5) is 39.5 Å². The van der Waals surface area contributed by atoms with Gasteiger partial charge in [-0.3, -0.25) is 4.79 Å². The number of benzene rings is 1. The van der Waals surface area contributed by atoms with Gasteiger partial charge in [0.1, 0.15) is 5.75 Å². The molecule has 0 bridgehead atoms. The van der Waals surface area contributed by atoms with E-state index in [0.29, 0.717) is 11.3 Å². The fourth-order valence-corrected chi connectivity index (χ4v) is 1.74. The average Bonchev–Trinajstić information content (AvgIpc) is 2.53. The highest BCUT2D eigenvalue weighted by molar-refractivity contribution is 5.84. The van der Waals surface area contributed by atoms with E-state index >= 15 is 0 Å². The lowest BCUT2D eigenvalue weighted by molar-refractivity contribution is -0.388. The summed E-state index contributed by atoms with van der Waals surface area (Å²) < 4.78 is 119. The first-order valence-electron chi connectivity index (χ1n) is 6.80. The van der Waals surface area contributed by atoms with Crippen molar-refractivity contribution >= 4 is 5.91 Å². The van der Waals surface area contributed by atoms with Crippen LogP contribution in [-0.2, 0) is 11.2 Å². The number of hydrogen-bond donors (Lipinski definition) is 1. The first-order chi connectivity index (χ1) is 11.7. The van der Waals surface area contributed by atoms with E-state index in [9.17, 15) is 44.3 Å². The molecule has 0 atom stereocenters. The summed E-state index contributed by atoms with van der Waals surface area (Å²) in [6, 6.07) is 5.80. The molecule has 1 aromatic rings. The number of carbonyl (C=O) groups is 1. The van der Waals surface area contributed by atoms with E-state index in [1.54, 1.807) is 0 Å². The van der Waals surface area contributed by atoms with Crippen LogP contribution >= 0.6 is 0 Å². The largest absolute Gasteiger partial charge is 0.497 e. The van der Waals surface area contributed by atoms with E-state index < -0.39 is 36.4 Å². The Bertz CT molecular complexity index is 626. The van der Waals surface area contributed by atoms with Gasteiger partial charge in [0.05, 0.1) is 7.11 Å². The number of amides is 1. The molecule has 1 N–H and O–H groups in total. The molecule has 0 fully saturated rings. The fourth-order valence-electron chi connectivity index (χ4n) is 1.74. The number of methoxy groups -OCH3 is 1. The molecule has 148 valence electrons. The van der Waals surface area contributed by atoms with Crippen LogP contribution < -0.4 is 10.1 Å². The Balaban J connectivity index is 2.80. The number of halogens is 9. The van der Waals surface area contributed by atoms with Gasteiger partial charge >= 0.3 is 23.9 Å². The minimum atomic E-state index is -7.10. The van der Waals surface area contributed by atoms with Crippen LogP contribution in [0.2, 0.25) is 0 Å². The van der Waals surface area contributed by atoms with Gasteiger partial charge in [-0.25, -0.2) is 0 Å². The topological polar surface area (TPSA) is 38.3 Å². The van der Waals surface area contributed by atoms with Crippen molar-refractivity contribution in [1.82, 2.24) is 5.32 Å². The summed E-state index contributed by atoms with van der Waals surface area (Å²) in [6.07, 6.45) is -7.14. The quantitative estimate of drug-likeness (QED) is 0.711. The number of nitrogens with one attached hydrogen (secondary N) is 1. The van der Waals surface area contributed by atoms with Crippen molar-refractivity contribution in [1.29, 1.82) is 0 Å². The Morgan fingerprint density at radius 3 is 1.85 bits per heavy atom. The number of ether oxygens (including phenoxy) is 1. The third-order valence-corrected chi connectivity index (χ3v) is 3.29. The van der Waals surface area contributed by atoms with Gasteiger partial charge in [0, 0.05) is 6.54 Å². The van der Waals surface area contributed by atoms with Gasteiger partial charge in [-0.15, -0.1) is 0 Å². The molecule has 1 rings (SSSR count). The van der Waals surface area contributed by atoms with Crippen molar-refractivity contribution in [3.8, 4) is 5.75 Å². The zero-order valence-electron chi connectivity index (χ0n) is 12.9. The molecule has 0 aliphatic heterocycles. The number of carbonyl (C=O) groups excluding carboxylic acids is 1. The van der Waals surface area contributed by atoms with E-state index in [0.717, 1.165) is 0 Å². The predicted octanol–water partition coefficient (Wildman–Crippen LogP) is 3.82. The molecule has 0 saturated heterocycles. The molecule has 0 radical (unpaired) electrons. The Labute approximate surface area is 141 Å².